The maximum Gasteiger partial charge on any atom is 0.118 e. The molecule has 0 fully saturated rings. The van der Waals surface area contributed by atoms with E-state index in [2.05, 4.69) is 22.2 Å². The van der Waals surface area contributed by atoms with Crippen molar-refractivity contribution in [3.05, 3.63) is 54.4 Å². The molecule has 0 N–H and O–H groups in total. The van der Waals surface area contributed by atoms with E-state index in [4.69, 9.17) is 4.74 Å². The number of benzene rings is 1. The quantitative estimate of drug-likeness (QED) is 0.844. The largest absolute Gasteiger partial charge is 0.497 e. The summed E-state index contributed by atoms with van der Waals surface area (Å²) >= 11 is 0. The van der Waals surface area contributed by atoms with Crippen LogP contribution in [0.3, 0.4) is 0 Å². The van der Waals surface area contributed by atoms with Crippen LogP contribution < -0.4 is 9.75 Å². The van der Waals surface area contributed by atoms with Gasteiger partial charge in [0.1, 0.15) is 5.75 Å². The normalized spacial score (nSPS) is 17.7. The number of ether oxygens (including phenoxy) is 1. The summed E-state index contributed by atoms with van der Waals surface area (Å²) in [5.74, 6) is 1.19. The zero-order chi connectivity index (χ0) is 13.1. The van der Waals surface area contributed by atoms with Gasteiger partial charge >= 0.3 is 0 Å². The van der Waals surface area contributed by atoms with Crippen LogP contribution in [0.2, 0.25) is 0 Å². The molecule has 1 aliphatic rings. The first-order chi connectivity index (χ1) is 9.36. The minimum absolute atomic E-state index is 0.311. The van der Waals surface area contributed by atoms with Crippen molar-refractivity contribution in [1.82, 2.24) is 4.98 Å². The highest BCUT2D eigenvalue weighted by atomic mass is 16.5. The van der Waals surface area contributed by atoms with Gasteiger partial charge in [-0.05, 0) is 29.8 Å². The van der Waals surface area contributed by atoms with E-state index in [1.165, 1.54) is 5.56 Å². The standard InChI is InChI=1S/C15H15N3O/c1-19-15-6-4-12(5-7-15)13-9-17-18(11-13)14-3-2-8-16-10-14/h2-10,13H,11H2,1H3. The van der Waals surface area contributed by atoms with Crippen LogP contribution in [0, 0.1) is 0 Å². The predicted molar refractivity (Wildman–Crippen MR) is 75.8 cm³/mol. The zero-order valence-corrected chi connectivity index (χ0v) is 10.7. The van der Waals surface area contributed by atoms with Gasteiger partial charge in [0, 0.05) is 18.3 Å². The van der Waals surface area contributed by atoms with E-state index < -0.39 is 0 Å². The fourth-order valence-electron chi connectivity index (χ4n) is 2.16. The Hall–Kier alpha value is -2.36. The predicted octanol–water partition coefficient (Wildman–Crippen LogP) is 2.68. The van der Waals surface area contributed by atoms with Gasteiger partial charge in [0.05, 0.1) is 25.5 Å². The van der Waals surface area contributed by atoms with E-state index in [1.54, 1.807) is 13.3 Å². The Morgan fingerprint density at radius 1 is 1.21 bits per heavy atom. The van der Waals surface area contributed by atoms with E-state index in [-0.39, 0.29) is 0 Å². The topological polar surface area (TPSA) is 37.7 Å². The number of nitrogens with zero attached hydrogens (tertiary/aromatic N) is 3. The minimum atomic E-state index is 0.311. The molecular weight excluding hydrogens is 238 g/mol. The maximum atomic E-state index is 5.17. The molecule has 96 valence electrons. The summed E-state index contributed by atoms with van der Waals surface area (Å²) in [7, 11) is 1.68. The first kappa shape index (κ1) is 11.7. The number of hydrazone groups is 1. The summed E-state index contributed by atoms with van der Waals surface area (Å²) in [6.45, 7) is 0.845. The number of rotatable bonds is 3. The lowest BCUT2D eigenvalue weighted by molar-refractivity contribution is 0.414. The first-order valence-corrected chi connectivity index (χ1v) is 6.22. The number of anilines is 1. The molecule has 2 heterocycles. The van der Waals surface area contributed by atoms with Gasteiger partial charge in [0.25, 0.3) is 0 Å². The molecule has 1 atom stereocenters. The van der Waals surface area contributed by atoms with Gasteiger partial charge < -0.3 is 4.74 Å². The summed E-state index contributed by atoms with van der Waals surface area (Å²) in [6.07, 6.45) is 5.58. The van der Waals surface area contributed by atoms with Crippen molar-refractivity contribution in [3.8, 4) is 5.75 Å². The van der Waals surface area contributed by atoms with Crippen molar-refractivity contribution in [3.63, 3.8) is 0 Å². The van der Waals surface area contributed by atoms with Crippen molar-refractivity contribution >= 4 is 11.9 Å². The molecule has 3 rings (SSSR count). The van der Waals surface area contributed by atoms with Gasteiger partial charge in [-0.1, -0.05) is 12.1 Å². The van der Waals surface area contributed by atoms with Gasteiger partial charge in [-0.3, -0.25) is 9.99 Å². The van der Waals surface area contributed by atoms with Crippen LogP contribution in [0.4, 0.5) is 5.69 Å². The molecule has 1 unspecified atom stereocenters. The van der Waals surface area contributed by atoms with Gasteiger partial charge in [-0.15, -0.1) is 0 Å². The molecule has 1 aromatic heterocycles. The summed E-state index contributed by atoms with van der Waals surface area (Å²) in [5.41, 5.74) is 2.27. The number of aromatic nitrogens is 1. The summed E-state index contributed by atoms with van der Waals surface area (Å²) in [4.78, 5) is 4.12. The third-order valence-corrected chi connectivity index (χ3v) is 3.24. The van der Waals surface area contributed by atoms with Crippen LogP contribution in [0.15, 0.2) is 53.9 Å². The lowest BCUT2D eigenvalue weighted by Crippen LogP contribution is -2.16. The third kappa shape index (κ3) is 2.42. The fourth-order valence-corrected chi connectivity index (χ4v) is 2.16. The molecule has 0 amide bonds. The molecular formula is C15H15N3O. The molecule has 0 saturated carbocycles. The summed E-state index contributed by atoms with van der Waals surface area (Å²) in [5, 5.41) is 6.42. The number of hydrogen-bond acceptors (Lipinski definition) is 4. The maximum absolute atomic E-state index is 5.17. The molecule has 0 saturated heterocycles. The summed E-state index contributed by atoms with van der Waals surface area (Å²) in [6, 6.07) is 12.1. The average molecular weight is 253 g/mol. The Balaban J connectivity index is 1.74. The highest BCUT2D eigenvalue weighted by Crippen LogP contribution is 2.25. The van der Waals surface area contributed by atoms with Gasteiger partial charge in [-0.25, -0.2) is 0 Å². The van der Waals surface area contributed by atoms with Crippen molar-refractivity contribution in [2.75, 3.05) is 18.7 Å². The molecule has 1 aliphatic heterocycles. The second-order valence-electron chi connectivity index (χ2n) is 4.44. The minimum Gasteiger partial charge on any atom is -0.497 e. The molecule has 2 aromatic rings. The molecule has 0 bridgehead atoms. The Morgan fingerprint density at radius 2 is 2.05 bits per heavy atom. The summed E-state index contributed by atoms with van der Waals surface area (Å²) < 4.78 is 5.17. The van der Waals surface area contributed by atoms with Crippen LogP contribution in [0.25, 0.3) is 0 Å². The SMILES string of the molecule is COc1ccc(C2C=NN(c3cccnc3)C2)cc1. The van der Waals surface area contributed by atoms with Gasteiger partial charge in [-0.2, -0.15) is 5.10 Å². The highest BCUT2D eigenvalue weighted by Gasteiger charge is 2.20. The van der Waals surface area contributed by atoms with Crippen molar-refractivity contribution in [2.24, 2.45) is 5.10 Å². The molecule has 0 aliphatic carbocycles. The second-order valence-corrected chi connectivity index (χ2v) is 4.44. The van der Waals surface area contributed by atoms with E-state index in [1.807, 2.05) is 41.7 Å². The van der Waals surface area contributed by atoms with E-state index >= 15 is 0 Å². The molecule has 0 radical (unpaired) electrons. The van der Waals surface area contributed by atoms with Crippen LogP contribution in [0.1, 0.15) is 11.5 Å². The molecule has 4 nitrogen and oxygen atoms in total. The molecule has 19 heavy (non-hydrogen) atoms. The van der Waals surface area contributed by atoms with E-state index in [0.717, 1.165) is 18.0 Å². The Labute approximate surface area is 112 Å². The lowest BCUT2D eigenvalue weighted by atomic mass is 10.0. The zero-order valence-electron chi connectivity index (χ0n) is 10.7. The highest BCUT2D eigenvalue weighted by molar-refractivity contribution is 5.74. The van der Waals surface area contributed by atoms with Crippen LogP contribution in [-0.2, 0) is 0 Å². The van der Waals surface area contributed by atoms with Crippen LogP contribution in [-0.4, -0.2) is 24.9 Å². The third-order valence-electron chi connectivity index (χ3n) is 3.24. The van der Waals surface area contributed by atoms with Crippen molar-refractivity contribution < 1.29 is 4.74 Å². The lowest BCUT2D eigenvalue weighted by Gasteiger charge is -2.15. The Morgan fingerprint density at radius 3 is 2.74 bits per heavy atom. The van der Waals surface area contributed by atoms with Crippen molar-refractivity contribution in [2.45, 2.75) is 5.92 Å². The van der Waals surface area contributed by atoms with Gasteiger partial charge in [0.15, 0.2) is 0 Å². The van der Waals surface area contributed by atoms with E-state index in [0.29, 0.717) is 5.92 Å². The van der Waals surface area contributed by atoms with Gasteiger partial charge in [0.2, 0.25) is 0 Å². The average Bonchev–Trinajstić information content (AvgIpc) is 2.98. The monoisotopic (exact) mass is 253 g/mol. The number of methoxy groups -OCH3 is 1. The smallest absolute Gasteiger partial charge is 0.118 e. The van der Waals surface area contributed by atoms with Crippen LogP contribution in [0.5, 0.6) is 5.75 Å². The molecule has 0 spiro atoms. The molecule has 1 aromatic carbocycles. The number of pyridine rings is 1. The second kappa shape index (κ2) is 5.10. The Kier molecular flexibility index (Phi) is 3.14. The fraction of sp³-hybridized carbons (Fsp3) is 0.200. The number of hydrogen-bond donors (Lipinski definition) is 0. The van der Waals surface area contributed by atoms with E-state index in [9.17, 15) is 0 Å². The Bertz CT molecular complexity index is 566. The van der Waals surface area contributed by atoms with Crippen molar-refractivity contribution in [1.29, 1.82) is 0 Å². The molecule has 4 heteroatoms. The first-order valence-electron chi connectivity index (χ1n) is 6.22. The van der Waals surface area contributed by atoms with Crippen LogP contribution >= 0.6 is 0 Å².